The summed E-state index contributed by atoms with van der Waals surface area (Å²) in [5.74, 6) is 0. The van der Waals surface area contributed by atoms with Crippen LogP contribution in [0.1, 0.15) is 24.0 Å². The van der Waals surface area contributed by atoms with E-state index < -0.39 is 0 Å². The highest BCUT2D eigenvalue weighted by Gasteiger charge is 2.14. The van der Waals surface area contributed by atoms with Crippen LogP contribution in [0.15, 0.2) is 36.7 Å². The van der Waals surface area contributed by atoms with Crippen molar-refractivity contribution in [3.63, 3.8) is 0 Å². The fourth-order valence-corrected chi connectivity index (χ4v) is 2.75. The molecule has 0 aliphatic carbocycles. The summed E-state index contributed by atoms with van der Waals surface area (Å²) >= 11 is 0. The molecule has 1 saturated heterocycles. The largest absolute Gasteiger partial charge is 0.337 e. The topological polar surface area (TPSA) is 71.0 Å². The number of urea groups is 1. The van der Waals surface area contributed by atoms with Crippen molar-refractivity contribution < 1.29 is 4.79 Å². The molecule has 0 bridgehead atoms. The SMILES string of the molecule is Cc1cccc(-n2cc(CNC(=O)NC[C@@H]3CCCN3)cn2)c1. The lowest BCUT2D eigenvalue weighted by Crippen LogP contribution is -2.42. The summed E-state index contributed by atoms with van der Waals surface area (Å²) in [4.78, 5) is 11.8. The quantitative estimate of drug-likeness (QED) is 0.787. The smallest absolute Gasteiger partial charge is 0.315 e. The van der Waals surface area contributed by atoms with Gasteiger partial charge in [0.1, 0.15) is 0 Å². The van der Waals surface area contributed by atoms with Gasteiger partial charge in [-0.05, 0) is 44.0 Å². The third kappa shape index (κ3) is 4.32. The molecule has 1 atom stereocenters. The van der Waals surface area contributed by atoms with Crippen LogP contribution in [0.25, 0.3) is 5.69 Å². The average Bonchev–Trinajstić information content (AvgIpc) is 3.22. The Balaban J connectivity index is 1.48. The number of nitrogens with zero attached hydrogens (tertiary/aromatic N) is 2. The first-order valence-electron chi connectivity index (χ1n) is 8.06. The second kappa shape index (κ2) is 7.28. The van der Waals surface area contributed by atoms with E-state index >= 15 is 0 Å². The Hall–Kier alpha value is -2.34. The number of amides is 2. The molecule has 0 unspecified atom stereocenters. The Bertz CT molecular complexity index is 661. The summed E-state index contributed by atoms with van der Waals surface area (Å²) in [6, 6.07) is 8.42. The number of nitrogens with one attached hydrogen (secondary N) is 3. The molecular formula is C17H23N5O. The number of benzene rings is 1. The van der Waals surface area contributed by atoms with Crippen LogP contribution < -0.4 is 16.0 Å². The maximum atomic E-state index is 11.8. The zero-order chi connectivity index (χ0) is 16.1. The molecule has 1 aliphatic heterocycles. The molecule has 3 rings (SSSR count). The standard InChI is InChI=1S/C17H23N5O/c1-13-4-2-6-16(8-13)22-12-14(10-21-22)9-19-17(23)20-11-15-5-3-7-18-15/h2,4,6,8,10,12,15,18H,3,5,7,9,11H2,1H3,(H2,19,20,23)/t15-/m0/s1. The molecular weight excluding hydrogens is 290 g/mol. The summed E-state index contributed by atoms with van der Waals surface area (Å²) in [5.41, 5.74) is 3.19. The molecule has 1 aromatic heterocycles. The molecule has 3 N–H and O–H groups in total. The monoisotopic (exact) mass is 313 g/mol. The molecule has 1 aliphatic rings. The van der Waals surface area contributed by atoms with Gasteiger partial charge in [0.25, 0.3) is 0 Å². The van der Waals surface area contributed by atoms with E-state index in [1.807, 2.05) is 23.0 Å². The fraction of sp³-hybridized carbons (Fsp3) is 0.412. The summed E-state index contributed by atoms with van der Waals surface area (Å²) < 4.78 is 1.82. The van der Waals surface area contributed by atoms with Gasteiger partial charge in [-0.2, -0.15) is 5.10 Å². The fourth-order valence-electron chi connectivity index (χ4n) is 2.75. The number of carbonyl (C=O) groups excluding carboxylic acids is 1. The van der Waals surface area contributed by atoms with Gasteiger partial charge >= 0.3 is 6.03 Å². The predicted octanol–water partition coefficient (Wildman–Crippen LogP) is 1.73. The van der Waals surface area contributed by atoms with E-state index in [9.17, 15) is 4.79 Å². The van der Waals surface area contributed by atoms with Gasteiger partial charge in [-0.3, -0.25) is 0 Å². The summed E-state index contributed by atoms with van der Waals surface area (Å²) in [7, 11) is 0. The van der Waals surface area contributed by atoms with Gasteiger partial charge in [0.05, 0.1) is 11.9 Å². The molecule has 6 heteroatoms. The van der Waals surface area contributed by atoms with Crippen molar-refractivity contribution in [3.05, 3.63) is 47.8 Å². The van der Waals surface area contributed by atoms with Gasteiger partial charge in [0.2, 0.25) is 0 Å². The first-order chi connectivity index (χ1) is 11.2. The Morgan fingerprint density at radius 1 is 1.43 bits per heavy atom. The molecule has 0 spiro atoms. The van der Waals surface area contributed by atoms with Crippen molar-refractivity contribution in [1.82, 2.24) is 25.7 Å². The highest BCUT2D eigenvalue weighted by atomic mass is 16.2. The van der Waals surface area contributed by atoms with Crippen molar-refractivity contribution in [1.29, 1.82) is 0 Å². The lowest BCUT2D eigenvalue weighted by molar-refractivity contribution is 0.239. The predicted molar refractivity (Wildman–Crippen MR) is 89.6 cm³/mol. The maximum Gasteiger partial charge on any atom is 0.315 e. The third-order valence-electron chi connectivity index (χ3n) is 4.03. The zero-order valence-corrected chi connectivity index (χ0v) is 13.4. The van der Waals surface area contributed by atoms with Gasteiger partial charge in [0.15, 0.2) is 0 Å². The van der Waals surface area contributed by atoms with Gasteiger partial charge < -0.3 is 16.0 Å². The van der Waals surface area contributed by atoms with E-state index in [-0.39, 0.29) is 6.03 Å². The highest BCUT2D eigenvalue weighted by molar-refractivity contribution is 5.73. The molecule has 2 aromatic rings. The Morgan fingerprint density at radius 2 is 2.35 bits per heavy atom. The van der Waals surface area contributed by atoms with Crippen LogP contribution in [0.4, 0.5) is 4.79 Å². The average molecular weight is 313 g/mol. The van der Waals surface area contributed by atoms with Crippen molar-refractivity contribution in [2.45, 2.75) is 32.4 Å². The number of hydrogen-bond acceptors (Lipinski definition) is 3. The molecule has 1 fully saturated rings. The van der Waals surface area contributed by atoms with Gasteiger partial charge in [-0.1, -0.05) is 12.1 Å². The van der Waals surface area contributed by atoms with Crippen molar-refractivity contribution in [2.24, 2.45) is 0 Å². The lowest BCUT2D eigenvalue weighted by atomic mass is 10.2. The molecule has 0 saturated carbocycles. The molecule has 23 heavy (non-hydrogen) atoms. The summed E-state index contributed by atoms with van der Waals surface area (Å²) in [6.45, 7) is 4.25. The minimum atomic E-state index is -0.137. The highest BCUT2D eigenvalue weighted by Crippen LogP contribution is 2.10. The molecule has 1 aromatic carbocycles. The number of aromatic nitrogens is 2. The van der Waals surface area contributed by atoms with Crippen LogP contribution in [-0.4, -0.2) is 34.9 Å². The van der Waals surface area contributed by atoms with Gasteiger partial charge in [-0.25, -0.2) is 9.48 Å². The summed E-state index contributed by atoms with van der Waals surface area (Å²) in [5, 5.41) is 13.5. The minimum Gasteiger partial charge on any atom is -0.337 e. The van der Waals surface area contributed by atoms with Crippen LogP contribution in [0.2, 0.25) is 0 Å². The van der Waals surface area contributed by atoms with Crippen molar-refractivity contribution >= 4 is 6.03 Å². The normalized spacial score (nSPS) is 17.2. The van der Waals surface area contributed by atoms with E-state index in [0.29, 0.717) is 19.1 Å². The zero-order valence-electron chi connectivity index (χ0n) is 13.4. The van der Waals surface area contributed by atoms with Gasteiger partial charge in [0, 0.05) is 30.9 Å². The second-order valence-corrected chi connectivity index (χ2v) is 5.99. The van der Waals surface area contributed by atoms with Crippen LogP contribution in [0, 0.1) is 6.92 Å². The molecule has 6 nitrogen and oxygen atoms in total. The third-order valence-corrected chi connectivity index (χ3v) is 4.03. The number of rotatable bonds is 5. The first kappa shape index (κ1) is 15.6. The van der Waals surface area contributed by atoms with E-state index in [0.717, 1.165) is 24.2 Å². The van der Waals surface area contributed by atoms with Crippen LogP contribution in [-0.2, 0) is 6.54 Å². The molecule has 2 amide bonds. The van der Waals surface area contributed by atoms with E-state index in [4.69, 9.17) is 0 Å². The minimum absolute atomic E-state index is 0.137. The Labute approximate surface area is 136 Å². The summed E-state index contributed by atoms with van der Waals surface area (Å²) in [6.07, 6.45) is 6.03. The lowest BCUT2D eigenvalue weighted by Gasteiger charge is -2.11. The van der Waals surface area contributed by atoms with Crippen LogP contribution in [0.5, 0.6) is 0 Å². The van der Waals surface area contributed by atoms with Crippen LogP contribution in [0.3, 0.4) is 0 Å². The molecule has 2 heterocycles. The van der Waals surface area contributed by atoms with Crippen LogP contribution >= 0.6 is 0 Å². The number of hydrogen-bond donors (Lipinski definition) is 3. The Morgan fingerprint density at radius 3 is 3.13 bits per heavy atom. The van der Waals surface area contributed by atoms with Crippen molar-refractivity contribution in [2.75, 3.05) is 13.1 Å². The van der Waals surface area contributed by atoms with E-state index in [2.05, 4.69) is 40.1 Å². The van der Waals surface area contributed by atoms with E-state index in [1.165, 1.54) is 12.0 Å². The number of aryl methyl sites for hydroxylation is 1. The Kier molecular flexibility index (Phi) is 4.92. The van der Waals surface area contributed by atoms with E-state index in [1.54, 1.807) is 6.20 Å². The van der Waals surface area contributed by atoms with Crippen molar-refractivity contribution in [3.8, 4) is 5.69 Å². The molecule has 0 radical (unpaired) electrons. The number of carbonyl (C=O) groups is 1. The van der Waals surface area contributed by atoms with Gasteiger partial charge in [-0.15, -0.1) is 0 Å². The maximum absolute atomic E-state index is 11.8. The molecule has 122 valence electrons. The second-order valence-electron chi connectivity index (χ2n) is 5.99. The first-order valence-corrected chi connectivity index (χ1v) is 8.06.